The molecule has 4 nitrogen and oxygen atoms in total. The van der Waals surface area contributed by atoms with Gasteiger partial charge in [0.15, 0.2) is 8.68 Å². The van der Waals surface area contributed by atoms with E-state index >= 15 is 0 Å². The second-order valence-corrected chi connectivity index (χ2v) is 8.67. The molecule has 0 spiro atoms. The Balaban J connectivity index is 1.73. The third-order valence-corrected chi connectivity index (χ3v) is 5.49. The van der Waals surface area contributed by atoms with Gasteiger partial charge in [-0.2, -0.15) is 4.37 Å². The maximum absolute atomic E-state index is 4.56. The lowest BCUT2D eigenvalue weighted by molar-refractivity contribution is 0.551. The largest absolute Gasteiger partial charge is 0.212 e. The molecule has 0 amide bonds. The molecule has 0 aromatic carbocycles. The van der Waals surface area contributed by atoms with Gasteiger partial charge in [-0.1, -0.05) is 32.1 Å². The Morgan fingerprint density at radius 1 is 1.17 bits per heavy atom. The third-order valence-electron chi connectivity index (χ3n) is 2.60. The van der Waals surface area contributed by atoms with Crippen LogP contribution in [0.2, 0.25) is 0 Å². The summed E-state index contributed by atoms with van der Waals surface area (Å²) < 4.78 is 6.34. The minimum atomic E-state index is 0.00954. The summed E-state index contributed by atoms with van der Waals surface area (Å²) in [6.45, 7) is 6.37. The van der Waals surface area contributed by atoms with Crippen LogP contribution in [-0.4, -0.2) is 19.6 Å². The van der Waals surface area contributed by atoms with Crippen molar-refractivity contribution in [3.8, 4) is 0 Å². The smallest absolute Gasteiger partial charge is 0.181 e. The molecule has 1 fully saturated rings. The van der Waals surface area contributed by atoms with Gasteiger partial charge in [-0.15, -0.1) is 10.2 Å². The Hall–Kier alpha value is -0.530. The van der Waals surface area contributed by atoms with Crippen molar-refractivity contribution in [2.75, 3.05) is 0 Å². The lowest BCUT2D eigenvalue weighted by Gasteiger charge is -2.11. The molecule has 0 aliphatic heterocycles. The molecule has 18 heavy (non-hydrogen) atoms. The zero-order valence-corrected chi connectivity index (χ0v) is 13.0. The molecule has 3 rings (SSSR count). The van der Waals surface area contributed by atoms with Crippen LogP contribution in [0.25, 0.3) is 0 Å². The highest BCUT2D eigenvalue weighted by Crippen LogP contribution is 2.43. The molecule has 1 aliphatic carbocycles. The Morgan fingerprint density at radius 2 is 1.94 bits per heavy atom. The van der Waals surface area contributed by atoms with Crippen molar-refractivity contribution in [2.24, 2.45) is 0 Å². The van der Waals surface area contributed by atoms with E-state index in [-0.39, 0.29) is 5.41 Å². The lowest BCUT2D eigenvalue weighted by atomic mass is 9.96. The maximum Gasteiger partial charge on any atom is 0.181 e. The lowest BCUT2D eigenvalue weighted by Crippen LogP contribution is -2.12. The van der Waals surface area contributed by atoms with Crippen LogP contribution in [-0.2, 0) is 5.41 Å². The molecule has 7 heteroatoms. The fourth-order valence-electron chi connectivity index (χ4n) is 1.39. The SMILES string of the molecule is CC(C)(C)c1nsc(Sc2nnc(C3CC3)s2)n1. The third kappa shape index (κ3) is 2.73. The van der Waals surface area contributed by atoms with Crippen molar-refractivity contribution in [3.63, 3.8) is 0 Å². The van der Waals surface area contributed by atoms with Crippen molar-refractivity contribution in [1.82, 2.24) is 19.6 Å². The summed E-state index contributed by atoms with van der Waals surface area (Å²) in [6, 6.07) is 0. The monoisotopic (exact) mass is 298 g/mol. The standard InChI is InChI=1S/C11H14N4S3/c1-11(2,3)8-12-9(18-15-8)17-10-14-13-7(16-10)6-4-5-6/h6H,4-5H2,1-3H3. The van der Waals surface area contributed by atoms with Gasteiger partial charge in [0, 0.05) is 11.3 Å². The normalized spacial score (nSPS) is 16.2. The minimum Gasteiger partial charge on any atom is -0.212 e. The number of nitrogens with zero attached hydrogens (tertiary/aromatic N) is 4. The van der Waals surface area contributed by atoms with Gasteiger partial charge >= 0.3 is 0 Å². The highest BCUT2D eigenvalue weighted by molar-refractivity contribution is 8.02. The summed E-state index contributed by atoms with van der Waals surface area (Å²) in [5.41, 5.74) is 0.00954. The van der Waals surface area contributed by atoms with Gasteiger partial charge in [0.05, 0.1) is 0 Å². The highest BCUT2D eigenvalue weighted by Gasteiger charge is 2.28. The summed E-state index contributed by atoms with van der Waals surface area (Å²) >= 11 is 4.72. The number of rotatable bonds is 3. The predicted octanol–water partition coefficient (Wildman–Crippen LogP) is 3.72. The van der Waals surface area contributed by atoms with E-state index in [2.05, 4.69) is 40.3 Å². The molecule has 2 aromatic rings. The predicted molar refractivity (Wildman–Crippen MR) is 74.6 cm³/mol. The fraction of sp³-hybridized carbons (Fsp3) is 0.636. The Kier molecular flexibility index (Phi) is 3.15. The van der Waals surface area contributed by atoms with Crippen LogP contribution in [0.5, 0.6) is 0 Å². The van der Waals surface area contributed by atoms with Gasteiger partial charge in [-0.3, -0.25) is 0 Å². The van der Waals surface area contributed by atoms with Crippen LogP contribution in [0.15, 0.2) is 8.68 Å². The van der Waals surface area contributed by atoms with Crippen molar-refractivity contribution >= 4 is 34.6 Å². The minimum absolute atomic E-state index is 0.00954. The fourth-order valence-corrected chi connectivity index (χ4v) is 4.42. The molecule has 0 atom stereocenters. The van der Waals surface area contributed by atoms with Gasteiger partial charge in [0.1, 0.15) is 10.8 Å². The zero-order chi connectivity index (χ0) is 12.8. The molecule has 2 heterocycles. The summed E-state index contributed by atoms with van der Waals surface area (Å²) in [4.78, 5) is 4.56. The zero-order valence-electron chi connectivity index (χ0n) is 10.5. The van der Waals surface area contributed by atoms with Gasteiger partial charge in [-0.25, -0.2) is 4.98 Å². The van der Waals surface area contributed by atoms with Crippen LogP contribution in [0.1, 0.15) is 50.4 Å². The second kappa shape index (κ2) is 4.54. The van der Waals surface area contributed by atoms with Gasteiger partial charge in [0.2, 0.25) is 0 Å². The van der Waals surface area contributed by atoms with Gasteiger partial charge in [0.25, 0.3) is 0 Å². The molecule has 0 N–H and O–H groups in total. The summed E-state index contributed by atoms with van der Waals surface area (Å²) in [5.74, 6) is 1.58. The number of aromatic nitrogens is 4. The van der Waals surface area contributed by atoms with Crippen molar-refractivity contribution in [3.05, 3.63) is 10.8 Å². The first-order valence-corrected chi connectivity index (χ1v) is 8.28. The molecule has 2 aromatic heterocycles. The molecule has 0 radical (unpaired) electrons. The number of hydrogen-bond acceptors (Lipinski definition) is 7. The molecule has 0 saturated heterocycles. The van der Waals surface area contributed by atoms with Crippen molar-refractivity contribution in [2.45, 2.75) is 53.6 Å². The van der Waals surface area contributed by atoms with E-state index in [1.165, 1.54) is 29.4 Å². The van der Waals surface area contributed by atoms with Crippen LogP contribution >= 0.6 is 34.6 Å². The topological polar surface area (TPSA) is 51.6 Å². The van der Waals surface area contributed by atoms with Gasteiger partial charge < -0.3 is 0 Å². The molecule has 96 valence electrons. The average molecular weight is 298 g/mol. The first kappa shape index (κ1) is 12.5. The van der Waals surface area contributed by atoms with E-state index < -0.39 is 0 Å². The second-order valence-electron chi connectivity index (χ2n) is 5.42. The Labute approximate surface area is 118 Å². The molecular weight excluding hydrogens is 284 g/mol. The van der Waals surface area contributed by atoms with E-state index in [0.717, 1.165) is 14.5 Å². The molecule has 1 aliphatic rings. The van der Waals surface area contributed by atoms with Gasteiger partial charge in [-0.05, 0) is 36.1 Å². The van der Waals surface area contributed by atoms with E-state index in [4.69, 9.17) is 0 Å². The molecular formula is C11H14N4S3. The van der Waals surface area contributed by atoms with Crippen LogP contribution in [0.3, 0.4) is 0 Å². The first-order valence-electron chi connectivity index (χ1n) is 5.88. The highest BCUT2D eigenvalue weighted by atomic mass is 32.2. The number of hydrogen-bond donors (Lipinski definition) is 0. The summed E-state index contributed by atoms with van der Waals surface area (Å²) in [5, 5.41) is 9.63. The average Bonchev–Trinajstić information content (AvgIpc) is 2.85. The first-order chi connectivity index (χ1) is 8.52. The van der Waals surface area contributed by atoms with Crippen molar-refractivity contribution < 1.29 is 0 Å². The van der Waals surface area contributed by atoms with E-state index in [1.54, 1.807) is 23.1 Å². The van der Waals surface area contributed by atoms with E-state index in [1.807, 2.05) is 0 Å². The molecule has 1 saturated carbocycles. The quantitative estimate of drug-likeness (QED) is 0.864. The Bertz CT molecular complexity index is 551. The van der Waals surface area contributed by atoms with Crippen LogP contribution in [0.4, 0.5) is 0 Å². The van der Waals surface area contributed by atoms with E-state index in [9.17, 15) is 0 Å². The maximum atomic E-state index is 4.56. The Morgan fingerprint density at radius 3 is 2.56 bits per heavy atom. The summed E-state index contributed by atoms with van der Waals surface area (Å²) in [7, 11) is 0. The summed E-state index contributed by atoms with van der Waals surface area (Å²) in [6.07, 6.45) is 2.54. The van der Waals surface area contributed by atoms with Crippen LogP contribution < -0.4 is 0 Å². The van der Waals surface area contributed by atoms with Crippen molar-refractivity contribution in [1.29, 1.82) is 0 Å². The van der Waals surface area contributed by atoms with Crippen LogP contribution in [0, 0.1) is 0 Å². The molecule has 0 bridgehead atoms. The molecule has 0 unspecified atom stereocenters. The van der Waals surface area contributed by atoms with E-state index in [0.29, 0.717) is 5.92 Å².